The lowest BCUT2D eigenvalue weighted by molar-refractivity contribution is -0.145. The van der Waals surface area contributed by atoms with E-state index < -0.39 is 22.4 Å². The maximum atomic E-state index is 13.0. The molecule has 0 aromatic heterocycles. The summed E-state index contributed by atoms with van der Waals surface area (Å²) in [5, 5.41) is 26.7. The molecule has 4 rings (SSSR count). The van der Waals surface area contributed by atoms with Gasteiger partial charge in [0.2, 0.25) is 16.3 Å². The van der Waals surface area contributed by atoms with Gasteiger partial charge in [-0.3, -0.25) is 4.72 Å². The molecule has 2 saturated heterocycles. The summed E-state index contributed by atoms with van der Waals surface area (Å²) in [6.45, 7) is 2.60. The Hall–Kier alpha value is -3.75. The van der Waals surface area contributed by atoms with Gasteiger partial charge in [0.15, 0.2) is 0 Å². The second-order valence-electron chi connectivity index (χ2n) is 10.8. The Kier molecular flexibility index (Phi) is 10.9. The fourth-order valence-corrected chi connectivity index (χ4v) is 5.87. The van der Waals surface area contributed by atoms with E-state index in [1.807, 2.05) is 29.2 Å². The molecule has 13 nitrogen and oxygen atoms in total. The van der Waals surface area contributed by atoms with Gasteiger partial charge in [0.25, 0.3) is 0 Å². The molecular weight excluding hydrogens is 578 g/mol. The van der Waals surface area contributed by atoms with Crippen molar-refractivity contribution in [2.75, 3.05) is 56.1 Å². The van der Waals surface area contributed by atoms with Crippen LogP contribution >= 0.6 is 0 Å². The van der Waals surface area contributed by atoms with Crippen LogP contribution in [0, 0.1) is 0 Å². The molecular formula is C29H41N5O8S. The molecule has 43 heavy (non-hydrogen) atoms. The van der Waals surface area contributed by atoms with Gasteiger partial charge in [0, 0.05) is 37.4 Å². The van der Waals surface area contributed by atoms with Crippen molar-refractivity contribution in [3.8, 4) is 11.5 Å². The first-order valence-electron chi connectivity index (χ1n) is 14.4. The zero-order chi connectivity index (χ0) is 31.0. The third kappa shape index (κ3) is 9.37. The molecule has 2 aromatic carbocycles. The molecule has 236 valence electrons. The Morgan fingerprint density at radius 3 is 2.47 bits per heavy atom. The number of likely N-dealkylation sites (tertiary alicyclic amines) is 2. The normalized spacial score (nSPS) is 18.3. The fraction of sp³-hybridized carbons (Fsp3) is 0.517. The zero-order valence-corrected chi connectivity index (χ0v) is 25.3. The van der Waals surface area contributed by atoms with E-state index >= 15 is 0 Å². The molecule has 2 aliphatic heterocycles. The van der Waals surface area contributed by atoms with Crippen LogP contribution in [0.2, 0.25) is 0 Å². The topological polar surface area (TPSA) is 170 Å². The molecule has 0 radical (unpaired) electrons. The van der Waals surface area contributed by atoms with E-state index in [0.29, 0.717) is 32.6 Å². The number of benzene rings is 2. The molecule has 0 bridgehead atoms. The number of hydrogen-bond acceptors (Lipinski definition) is 10. The summed E-state index contributed by atoms with van der Waals surface area (Å²) in [7, 11) is -2.23. The van der Waals surface area contributed by atoms with Gasteiger partial charge < -0.3 is 40.1 Å². The van der Waals surface area contributed by atoms with Crippen LogP contribution in [0.5, 0.6) is 11.5 Å². The Labute approximate surface area is 252 Å². The van der Waals surface area contributed by atoms with Crippen molar-refractivity contribution in [1.82, 2.24) is 15.1 Å². The first-order valence-corrected chi connectivity index (χ1v) is 16.3. The van der Waals surface area contributed by atoms with Crippen LogP contribution in [0.4, 0.5) is 16.2 Å². The number of anilines is 2. The number of esters is 1. The third-order valence-electron chi connectivity index (χ3n) is 7.51. The summed E-state index contributed by atoms with van der Waals surface area (Å²) in [4.78, 5) is 28.5. The largest absolute Gasteiger partial charge is 0.506 e. The number of piperidine rings is 1. The number of aliphatic hydroxyl groups is 1. The zero-order valence-electron chi connectivity index (χ0n) is 24.5. The van der Waals surface area contributed by atoms with Gasteiger partial charge in [0.05, 0.1) is 25.6 Å². The van der Waals surface area contributed by atoms with Gasteiger partial charge in [0.1, 0.15) is 17.5 Å². The molecule has 0 unspecified atom stereocenters. The van der Waals surface area contributed by atoms with Gasteiger partial charge in [-0.05, 0) is 68.5 Å². The minimum atomic E-state index is -3.58. The van der Waals surface area contributed by atoms with E-state index in [9.17, 15) is 28.2 Å². The molecule has 5 N–H and O–H groups in total. The smallest absolute Gasteiger partial charge is 0.328 e. The number of rotatable bonds is 12. The molecule has 14 heteroatoms. The second kappa shape index (κ2) is 14.6. The van der Waals surface area contributed by atoms with Gasteiger partial charge in [-0.15, -0.1) is 0 Å². The van der Waals surface area contributed by atoms with E-state index in [4.69, 9.17) is 9.47 Å². The first-order chi connectivity index (χ1) is 20.5. The second-order valence-corrected chi connectivity index (χ2v) is 12.6. The number of phenolic OH excluding ortho intramolecular Hbond substituents is 1. The molecule has 2 heterocycles. The van der Waals surface area contributed by atoms with E-state index in [1.54, 1.807) is 4.90 Å². The number of amides is 2. The van der Waals surface area contributed by atoms with Crippen LogP contribution in [0.15, 0.2) is 42.5 Å². The van der Waals surface area contributed by atoms with Crippen LogP contribution < -0.4 is 20.1 Å². The lowest BCUT2D eigenvalue weighted by Gasteiger charge is -2.36. The van der Waals surface area contributed by atoms with E-state index in [-0.39, 0.29) is 41.8 Å². The Morgan fingerprint density at radius 1 is 1.07 bits per heavy atom. The lowest BCUT2D eigenvalue weighted by atomic mass is 10.0. The molecule has 0 saturated carbocycles. The van der Waals surface area contributed by atoms with Crippen molar-refractivity contribution >= 4 is 33.4 Å². The number of carbonyl (C=O) groups excluding carboxylic acids is 2. The highest BCUT2D eigenvalue weighted by molar-refractivity contribution is 7.92. The van der Waals surface area contributed by atoms with Crippen LogP contribution in [0.1, 0.15) is 31.2 Å². The average molecular weight is 620 g/mol. The van der Waals surface area contributed by atoms with Crippen molar-refractivity contribution in [2.24, 2.45) is 0 Å². The summed E-state index contributed by atoms with van der Waals surface area (Å²) in [6.07, 6.45) is 3.62. The molecule has 2 amide bonds. The Balaban J connectivity index is 1.14. The number of sulfonamides is 1. The minimum absolute atomic E-state index is 0.0358. The predicted molar refractivity (Wildman–Crippen MR) is 162 cm³/mol. The van der Waals surface area contributed by atoms with Gasteiger partial charge in [-0.2, -0.15) is 0 Å². The maximum Gasteiger partial charge on any atom is 0.328 e. The van der Waals surface area contributed by atoms with Crippen molar-refractivity contribution in [1.29, 1.82) is 0 Å². The summed E-state index contributed by atoms with van der Waals surface area (Å²) >= 11 is 0. The molecule has 2 fully saturated rings. The molecule has 2 aromatic rings. The number of aromatic hydroxyl groups is 1. The summed E-state index contributed by atoms with van der Waals surface area (Å²) in [5.74, 6) is -0.393. The molecule has 0 spiro atoms. The van der Waals surface area contributed by atoms with Crippen molar-refractivity contribution in [2.45, 2.75) is 50.5 Å². The van der Waals surface area contributed by atoms with E-state index in [2.05, 4.69) is 15.4 Å². The van der Waals surface area contributed by atoms with Crippen LogP contribution in [0.3, 0.4) is 0 Å². The van der Waals surface area contributed by atoms with E-state index in [1.165, 1.54) is 25.3 Å². The number of methoxy groups -OCH3 is 1. The minimum Gasteiger partial charge on any atom is -0.506 e. The molecule has 2 atom stereocenters. The monoisotopic (exact) mass is 619 g/mol. The predicted octanol–water partition coefficient (Wildman–Crippen LogP) is 1.93. The number of urea groups is 1. The quantitative estimate of drug-likeness (QED) is 0.102. The highest BCUT2D eigenvalue weighted by Crippen LogP contribution is 2.29. The van der Waals surface area contributed by atoms with Gasteiger partial charge in [-0.1, -0.05) is 12.1 Å². The number of phenols is 1. The highest BCUT2D eigenvalue weighted by atomic mass is 32.2. The van der Waals surface area contributed by atoms with Crippen LogP contribution in [-0.2, 0) is 26.0 Å². The number of ether oxygens (including phenoxy) is 2. The number of aliphatic hydroxyl groups excluding tert-OH is 1. The van der Waals surface area contributed by atoms with Crippen LogP contribution in [-0.4, -0.2) is 105 Å². The van der Waals surface area contributed by atoms with Crippen LogP contribution in [0.25, 0.3) is 0 Å². The fourth-order valence-electron chi connectivity index (χ4n) is 5.30. The van der Waals surface area contributed by atoms with E-state index in [0.717, 1.165) is 43.2 Å². The molecule has 2 aliphatic rings. The summed E-state index contributed by atoms with van der Waals surface area (Å²) in [6, 6.07) is 11.8. The highest BCUT2D eigenvalue weighted by Gasteiger charge is 2.37. The van der Waals surface area contributed by atoms with Crippen molar-refractivity contribution < 1.29 is 37.7 Å². The Morgan fingerprint density at radius 2 is 1.79 bits per heavy atom. The number of nitrogens with zero attached hydrogens (tertiary/aromatic N) is 2. The lowest BCUT2D eigenvalue weighted by Crippen LogP contribution is -2.51. The SMILES string of the molecule is COC(=O)[C@@H]1CCCN1C(=O)N1CCC(Nc2ccc(CCNC[C@H](O)Oc3ccc(O)c(NS(C)(=O)=O)c3)cc2)CC1. The van der Waals surface area contributed by atoms with Gasteiger partial charge in [-0.25, -0.2) is 18.0 Å². The Bertz CT molecular complexity index is 1350. The number of nitrogens with one attached hydrogen (secondary N) is 3. The number of hydrogen-bond donors (Lipinski definition) is 5. The average Bonchev–Trinajstić information content (AvgIpc) is 3.47. The molecule has 0 aliphatic carbocycles. The first kappa shape index (κ1) is 32.2. The standard InChI is InChI=1S/C29H41N5O8S/c1-41-28(37)25-4-3-15-34(25)29(38)33-16-12-22(13-17-33)31-21-7-5-20(6-8-21)11-14-30-19-27(36)42-23-9-10-26(35)24(18-23)32-43(2,39)40/h5-10,18,22,25,27,30-32,35-36H,3-4,11-17,19H2,1-2H3/t25-,27+/m0/s1. The van der Waals surface area contributed by atoms with Gasteiger partial charge >= 0.3 is 12.0 Å². The third-order valence-corrected chi connectivity index (χ3v) is 8.10. The summed E-state index contributed by atoms with van der Waals surface area (Å²) in [5.41, 5.74) is 2.09. The summed E-state index contributed by atoms with van der Waals surface area (Å²) < 4.78 is 35.4. The maximum absolute atomic E-state index is 13.0. The number of carbonyl (C=O) groups is 2. The van der Waals surface area contributed by atoms with Crippen molar-refractivity contribution in [3.05, 3.63) is 48.0 Å². The van der Waals surface area contributed by atoms with Crippen molar-refractivity contribution in [3.63, 3.8) is 0 Å².